The number of halogens is 3. The van der Waals surface area contributed by atoms with Gasteiger partial charge in [-0.2, -0.15) is 0 Å². The van der Waals surface area contributed by atoms with Crippen LogP contribution < -0.4 is 4.74 Å². The summed E-state index contributed by atoms with van der Waals surface area (Å²) in [6.07, 6.45) is -4.98. The minimum Gasteiger partial charge on any atom is -0.406 e. The molecule has 1 N–H and O–H groups in total. The van der Waals surface area contributed by atoms with E-state index in [4.69, 9.17) is 4.74 Å². The van der Waals surface area contributed by atoms with Gasteiger partial charge in [0.2, 0.25) is 0 Å². The van der Waals surface area contributed by atoms with E-state index < -0.39 is 6.36 Å². The molecular formula is C20H17F3N2O3. The lowest BCUT2D eigenvalue weighted by Crippen LogP contribution is -2.42. The molecule has 146 valence electrons. The fraction of sp³-hybridized carbons (Fsp3) is 0.250. The Hall–Kier alpha value is -3.00. The highest BCUT2D eigenvalue weighted by Gasteiger charge is 2.31. The third-order valence-corrected chi connectivity index (χ3v) is 4.58. The first kappa shape index (κ1) is 18.4. The van der Waals surface area contributed by atoms with E-state index in [1.165, 1.54) is 18.2 Å². The minimum absolute atomic E-state index is 0.213. The molecule has 2 aromatic carbocycles. The van der Waals surface area contributed by atoms with Crippen LogP contribution in [-0.2, 0) is 4.74 Å². The molecule has 1 amide bonds. The number of nitrogens with one attached hydrogen (secondary N) is 1. The van der Waals surface area contributed by atoms with Crippen molar-refractivity contribution in [1.29, 1.82) is 0 Å². The van der Waals surface area contributed by atoms with E-state index in [0.717, 1.165) is 5.56 Å². The Kier molecular flexibility index (Phi) is 4.72. The number of ether oxygens (including phenoxy) is 2. The van der Waals surface area contributed by atoms with Gasteiger partial charge in [0.1, 0.15) is 17.5 Å². The quantitative estimate of drug-likeness (QED) is 0.726. The zero-order chi connectivity index (χ0) is 19.7. The summed E-state index contributed by atoms with van der Waals surface area (Å²) in [5.74, 6) is -0.560. The van der Waals surface area contributed by atoms with Crippen LogP contribution in [0.3, 0.4) is 0 Å². The topological polar surface area (TPSA) is 54.6 Å². The average molecular weight is 390 g/mol. The average Bonchev–Trinajstić information content (AvgIpc) is 3.10. The van der Waals surface area contributed by atoms with E-state index in [-0.39, 0.29) is 17.8 Å². The molecule has 1 aliphatic heterocycles. The molecule has 1 saturated heterocycles. The second-order valence-electron chi connectivity index (χ2n) is 6.50. The molecular weight excluding hydrogens is 373 g/mol. The molecule has 28 heavy (non-hydrogen) atoms. The number of morpholine rings is 1. The van der Waals surface area contributed by atoms with Crippen LogP contribution >= 0.6 is 0 Å². The number of rotatable bonds is 3. The number of carbonyl (C=O) groups is 1. The van der Waals surface area contributed by atoms with Gasteiger partial charge in [-0.3, -0.25) is 4.79 Å². The highest BCUT2D eigenvalue weighted by Crippen LogP contribution is 2.28. The molecule has 0 radical (unpaired) electrons. The Morgan fingerprint density at radius 3 is 2.68 bits per heavy atom. The molecule has 0 aliphatic carbocycles. The van der Waals surface area contributed by atoms with Crippen LogP contribution in [0, 0.1) is 0 Å². The number of fused-ring (bicyclic) bond motifs is 1. The summed E-state index contributed by atoms with van der Waals surface area (Å²) in [6, 6.07) is 15.2. The fourth-order valence-electron chi connectivity index (χ4n) is 3.29. The second-order valence-corrected chi connectivity index (χ2v) is 6.50. The van der Waals surface area contributed by atoms with Crippen molar-refractivity contribution >= 4 is 16.8 Å². The van der Waals surface area contributed by atoms with Crippen LogP contribution in [0.1, 0.15) is 22.2 Å². The first-order valence-electron chi connectivity index (χ1n) is 8.73. The second kappa shape index (κ2) is 7.20. The molecule has 1 atom stereocenters. The van der Waals surface area contributed by atoms with Crippen molar-refractivity contribution in [3.63, 3.8) is 0 Å². The van der Waals surface area contributed by atoms with E-state index in [9.17, 15) is 18.0 Å². The van der Waals surface area contributed by atoms with Gasteiger partial charge in [-0.05, 0) is 23.8 Å². The summed E-state index contributed by atoms with van der Waals surface area (Å²) >= 11 is 0. The molecule has 0 spiro atoms. The standard InChI is InChI=1S/C20H17F3N2O3/c21-20(22,23)28-15-7-6-14-10-17(24-16(14)11-15)19(26)25-8-9-27-18(12-25)13-4-2-1-3-5-13/h1-7,10-11,18,24H,8-9,12H2/t18-/m1/s1. The normalized spacial score (nSPS) is 17.7. The maximum atomic E-state index is 12.9. The smallest absolute Gasteiger partial charge is 0.406 e. The van der Waals surface area contributed by atoms with E-state index in [1.807, 2.05) is 30.3 Å². The van der Waals surface area contributed by atoms with Crippen molar-refractivity contribution in [3.8, 4) is 5.75 Å². The SMILES string of the molecule is O=C(c1cc2ccc(OC(F)(F)F)cc2[nH]1)N1CCO[C@@H](c2ccccc2)C1. The Morgan fingerprint density at radius 1 is 1.14 bits per heavy atom. The van der Waals surface area contributed by atoms with Crippen molar-refractivity contribution in [2.24, 2.45) is 0 Å². The van der Waals surface area contributed by atoms with Gasteiger partial charge in [0, 0.05) is 23.5 Å². The fourth-order valence-corrected chi connectivity index (χ4v) is 3.29. The van der Waals surface area contributed by atoms with Gasteiger partial charge in [-0.25, -0.2) is 0 Å². The van der Waals surface area contributed by atoms with Crippen LogP contribution in [0.2, 0.25) is 0 Å². The maximum absolute atomic E-state index is 12.9. The minimum atomic E-state index is -4.76. The summed E-state index contributed by atoms with van der Waals surface area (Å²) in [6.45, 7) is 1.26. The number of aromatic nitrogens is 1. The number of amides is 1. The van der Waals surface area contributed by atoms with Gasteiger partial charge >= 0.3 is 6.36 Å². The molecule has 8 heteroatoms. The van der Waals surface area contributed by atoms with Crippen LogP contribution in [-0.4, -0.2) is 41.8 Å². The number of hydrogen-bond donors (Lipinski definition) is 1. The van der Waals surface area contributed by atoms with Gasteiger partial charge < -0.3 is 19.4 Å². The number of benzene rings is 2. The lowest BCUT2D eigenvalue weighted by molar-refractivity contribution is -0.274. The lowest BCUT2D eigenvalue weighted by atomic mass is 10.1. The van der Waals surface area contributed by atoms with Crippen molar-refractivity contribution in [2.75, 3.05) is 19.7 Å². The maximum Gasteiger partial charge on any atom is 0.573 e. The van der Waals surface area contributed by atoms with Crippen LogP contribution in [0.4, 0.5) is 13.2 Å². The van der Waals surface area contributed by atoms with Crippen LogP contribution in [0.15, 0.2) is 54.6 Å². The molecule has 1 aromatic heterocycles. The highest BCUT2D eigenvalue weighted by molar-refractivity contribution is 5.98. The highest BCUT2D eigenvalue weighted by atomic mass is 19.4. The third-order valence-electron chi connectivity index (χ3n) is 4.58. The van der Waals surface area contributed by atoms with Crippen LogP contribution in [0.5, 0.6) is 5.75 Å². The molecule has 0 unspecified atom stereocenters. The van der Waals surface area contributed by atoms with E-state index >= 15 is 0 Å². The molecule has 1 aliphatic rings. The van der Waals surface area contributed by atoms with Crippen molar-refractivity contribution in [2.45, 2.75) is 12.5 Å². The molecule has 3 aromatic rings. The summed E-state index contributed by atoms with van der Waals surface area (Å²) in [5.41, 5.74) is 1.71. The number of hydrogen-bond acceptors (Lipinski definition) is 3. The summed E-state index contributed by atoms with van der Waals surface area (Å²) < 4.78 is 46.9. The summed E-state index contributed by atoms with van der Waals surface area (Å²) in [7, 11) is 0. The van der Waals surface area contributed by atoms with Gasteiger partial charge in [0.25, 0.3) is 5.91 Å². The van der Waals surface area contributed by atoms with Crippen molar-refractivity contribution in [3.05, 3.63) is 65.9 Å². The lowest BCUT2D eigenvalue weighted by Gasteiger charge is -2.33. The van der Waals surface area contributed by atoms with E-state index in [2.05, 4.69) is 9.72 Å². The van der Waals surface area contributed by atoms with Gasteiger partial charge in [0.05, 0.1) is 13.2 Å². The van der Waals surface area contributed by atoms with E-state index in [0.29, 0.717) is 36.3 Å². The third kappa shape index (κ3) is 3.96. The summed E-state index contributed by atoms with van der Waals surface area (Å²) in [5, 5.41) is 0.630. The van der Waals surface area contributed by atoms with Crippen molar-refractivity contribution in [1.82, 2.24) is 9.88 Å². The molecule has 5 nitrogen and oxygen atoms in total. The van der Waals surface area contributed by atoms with Crippen LogP contribution in [0.25, 0.3) is 10.9 Å². The predicted molar refractivity (Wildman–Crippen MR) is 96.0 cm³/mol. The van der Waals surface area contributed by atoms with Gasteiger partial charge in [-0.1, -0.05) is 30.3 Å². The zero-order valence-electron chi connectivity index (χ0n) is 14.7. The first-order valence-corrected chi connectivity index (χ1v) is 8.73. The number of H-pyrrole nitrogens is 1. The monoisotopic (exact) mass is 390 g/mol. The molecule has 1 fully saturated rings. The van der Waals surface area contributed by atoms with Gasteiger partial charge in [-0.15, -0.1) is 13.2 Å². The number of nitrogens with zero attached hydrogens (tertiary/aromatic N) is 1. The largest absolute Gasteiger partial charge is 0.573 e. The number of carbonyl (C=O) groups excluding carboxylic acids is 1. The molecule has 2 heterocycles. The molecule has 0 bridgehead atoms. The Bertz CT molecular complexity index is 985. The molecule has 4 rings (SSSR count). The number of aromatic amines is 1. The number of alkyl halides is 3. The summed E-state index contributed by atoms with van der Waals surface area (Å²) in [4.78, 5) is 17.5. The molecule has 0 saturated carbocycles. The van der Waals surface area contributed by atoms with Gasteiger partial charge in [0.15, 0.2) is 0 Å². The predicted octanol–water partition coefficient (Wildman–Crippen LogP) is 4.28. The Labute approximate surface area is 158 Å². The first-order chi connectivity index (χ1) is 13.4. The Morgan fingerprint density at radius 2 is 1.93 bits per heavy atom. The zero-order valence-corrected chi connectivity index (χ0v) is 14.7. The van der Waals surface area contributed by atoms with Crippen molar-refractivity contribution < 1.29 is 27.4 Å². The van der Waals surface area contributed by atoms with E-state index in [1.54, 1.807) is 11.0 Å². The Balaban J connectivity index is 1.53.